The summed E-state index contributed by atoms with van der Waals surface area (Å²) in [5, 5.41) is 9.85. The van der Waals surface area contributed by atoms with E-state index in [1.54, 1.807) is 55.5 Å². The first-order valence-corrected chi connectivity index (χ1v) is 15.0. The number of aromatic nitrogens is 1. The summed E-state index contributed by atoms with van der Waals surface area (Å²) >= 11 is 13.5. The number of benzene rings is 3. The number of rotatable bonds is 7. The Bertz CT molecular complexity index is 2130. The molecule has 1 unspecified atom stereocenters. The van der Waals surface area contributed by atoms with E-state index in [0.717, 1.165) is 0 Å². The molecule has 0 bridgehead atoms. The summed E-state index contributed by atoms with van der Waals surface area (Å²) < 4.78 is 13.3. The first-order chi connectivity index (χ1) is 21.2. The van der Waals surface area contributed by atoms with Crippen molar-refractivity contribution in [3.63, 3.8) is 0 Å². The Morgan fingerprint density at radius 1 is 1.02 bits per heavy atom. The minimum Gasteiger partial charge on any atom is -0.478 e. The van der Waals surface area contributed by atoms with E-state index in [0.29, 0.717) is 48.3 Å². The zero-order chi connectivity index (χ0) is 31.0. The molecule has 220 valence electrons. The number of hydrogen-bond donors (Lipinski definition) is 1. The molecular formula is C33H22Cl2N2O6S. The van der Waals surface area contributed by atoms with E-state index in [9.17, 15) is 19.5 Å². The number of thiazole rings is 1. The Balaban J connectivity index is 1.52. The van der Waals surface area contributed by atoms with Gasteiger partial charge >= 0.3 is 11.9 Å². The molecule has 0 amide bonds. The van der Waals surface area contributed by atoms with Crippen molar-refractivity contribution >= 4 is 58.3 Å². The molecule has 0 spiro atoms. The lowest BCUT2D eigenvalue weighted by Crippen LogP contribution is -2.39. The van der Waals surface area contributed by atoms with Gasteiger partial charge < -0.3 is 14.3 Å². The number of carbonyl (C=O) groups excluding carboxylic acids is 1. The standard InChI is InChI=1S/C33H22Cl2N2O6S/c1-2-42-32(41)27-28(18-6-4-3-5-7-18)36-33-37(29(27)19-8-11-21(34)12-9-19)30(38)26(44-33)17-22-13-15-25(43-22)20-10-14-23(31(39)40)24(35)16-20/h3-17,29H,2H2,1H3,(H,39,40)/b26-17-. The monoisotopic (exact) mass is 644 g/mol. The van der Waals surface area contributed by atoms with Crippen molar-refractivity contribution in [2.24, 2.45) is 4.99 Å². The average Bonchev–Trinajstić information content (AvgIpc) is 3.61. The Hall–Kier alpha value is -4.70. The van der Waals surface area contributed by atoms with Crippen LogP contribution in [0.4, 0.5) is 0 Å². The minimum atomic E-state index is -1.13. The summed E-state index contributed by atoms with van der Waals surface area (Å²) in [5.74, 6) is -0.874. The normalized spacial score (nSPS) is 14.7. The molecule has 3 heterocycles. The summed E-state index contributed by atoms with van der Waals surface area (Å²) in [5.41, 5.74) is 2.21. The Morgan fingerprint density at radius 2 is 1.77 bits per heavy atom. The van der Waals surface area contributed by atoms with Gasteiger partial charge in [0.15, 0.2) is 4.80 Å². The van der Waals surface area contributed by atoms with Crippen LogP contribution in [0.15, 0.2) is 105 Å². The smallest absolute Gasteiger partial charge is 0.338 e. The predicted octanol–water partition coefficient (Wildman–Crippen LogP) is 6.20. The third-order valence-electron chi connectivity index (χ3n) is 6.94. The fourth-order valence-electron chi connectivity index (χ4n) is 4.96. The quantitative estimate of drug-likeness (QED) is 0.211. The van der Waals surface area contributed by atoms with E-state index in [-0.39, 0.29) is 28.3 Å². The van der Waals surface area contributed by atoms with Gasteiger partial charge in [-0.1, -0.05) is 83.1 Å². The van der Waals surface area contributed by atoms with Gasteiger partial charge in [0.05, 0.1) is 39.0 Å². The molecule has 1 atom stereocenters. The van der Waals surface area contributed by atoms with E-state index in [1.165, 1.54) is 28.0 Å². The lowest BCUT2D eigenvalue weighted by atomic mass is 9.93. The van der Waals surface area contributed by atoms with Gasteiger partial charge in [-0.2, -0.15) is 0 Å². The molecule has 0 fully saturated rings. The molecule has 6 rings (SSSR count). The van der Waals surface area contributed by atoms with Crippen LogP contribution < -0.4 is 14.9 Å². The number of halogens is 2. The molecule has 8 nitrogen and oxygen atoms in total. The molecule has 1 N–H and O–H groups in total. The van der Waals surface area contributed by atoms with E-state index in [2.05, 4.69) is 0 Å². The summed E-state index contributed by atoms with van der Waals surface area (Å²) in [6.07, 6.45) is 1.61. The number of carboxylic acids is 1. The maximum Gasteiger partial charge on any atom is 0.338 e. The predicted molar refractivity (Wildman–Crippen MR) is 169 cm³/mol. The summed E-state index contributed by atoms with van der Waals surface area (Å²) in [4.78, 5) is 44.1. The number of ether oxygens (including phenoxy) is 1. The number of furan rings is 1. The summed E-state index contributed by atoms with van der Waals surface area (Å²) in [7, 11) is 0. The third kappa shape index (κ3) is 5.53. The Labute approximate surface area is 264 Å². The van der Waals surface area contributed by atoms with Crippen molar-refractivity contribution < 1.29 is 23.8 Å². The highest BCUT2D eigenvalue weighted by Gasteiger charge is 2.35. The lowest BCUT2D eigenvalue weighted by molar-refractivity contribution is -0.138. The molecule has 44 heavy (non-hydrogen) atoms. The molecule has 2 aromatic heterocycles. The summed E-state index contributed by atoms with van der Waals surface area (Å²) in [6.45, 7) is 1.87. The number of carboxylic acid groups (broad SMARTS) is 1. The minimum absolute atomic E-state index is 0.0180. The number of esters is 1. The van der Waals surface area contributed by atoms with Crippen molar-refractivity contribution in [3.8, 4) is 11.3 Å². The molecule has 0 radical (unpaired) electrons. The van der Waals surface area contributed by atoms with Crippen LogP contribution in [0.25, 0.3) is 23.1 Å². The van der Waals surface area contributed by atoms with Crippen molar-refractivity contribution in [1.82, 2.24) is 4.57 Å². The van der Waals surface area contributed by atoms with Gasteiger partial charge in [-0.15, -0.1) is 0 Å². The zero-order valence-electron chi connectivity index (χ0n) is 23.0. The molecule has 0 saturated carbocycles. The van der Waals surface area contributed by atoms with Gasteiger partial charge in [0, 0.05) is 22.2 Å². The molecular weight excluding hydrogens is 623 g/mol. The fourth-order valence-corrected chi connectivity index (χ4v) is 6.33. The van der Waals surface area contributed by atoms with Crippen molar-refractivity contribution in [1.29, 1.82) is 0 Å². The largest absolute Gasteiger partial charge is 0.478 e. The maximum absolute atomic E-state index is 14.0. The highest BCUT2D eigenvalue weighted by Crippen LogP contribution is 2.35. The molecule has 0 saturated heterocycles. The van der Waals surface area contributed by atoms with Crippen LogP contribution in [0, 0.1) is 0 Å². The second kappa shape index (κ2) is 12.1. The van der Waals surface area contributed by atoms with Crippen LogP contribution in [-0.4, -0.2) is 28.2 Å². The van der Waals surface area contributed by atoms with Crippen molar-refractivity contribution in [2.75, 3.05) is 6.61 Å². The maximum atomic E-state index is 14.0. The van der Waals surface area contributed by atoms with Gasteiger partial charge in [-0.3, -0.25) is 9.36 Å². The Kier molecular flexibility index (Phi) is 8.09. The highest BCUT2D eigenvalue weighted by molar-refractivity contribution is 7.07. The van der Waals surface area contributed by atoms with Crippen molar-refractivity contribution in [3.05, 3.63) is 143 Å². The molecule has 11 heteroatoms. The van der Waals surface area contributed by atoms with Crippen LogP contribution in [0.2, 0.25) is 10.0 Å². The number of hydrogen-bond acceptors (Lipinski definition) is 7. The number of aromatic carboxylic acids is 1. The lowest BCUT2D eigenvalue weighted by Gasteiger charge is -2.25. The second-order valence-corrected chi connectivity index (χ2v) is 11.5. The van der Waals surface area contributed by atoms with Gasteiger partial charge in [0.1, 0.15) is 11.5 Å². The SMILES string of the molecule is CCOC(=O)C1=C(c2ccccc2)N=c2s/c(=C\c3ccc(-c4ccc(C(=O)O)c(Cl)c4)o3)c(=O)n2C1c1ccc(Cl)cc1. The third-order valence-corrected chi connectivity index (χ3v) is 8.49. The molecule has 3 aromatic carbocycles. The number of carbonyl (C=O) groups is 2. The van der Waals surface area contributed by atoms with Crippen LogP contribution in [0.1, 0.15) is 40.2 Å². The van der Waals surface area contributed by atoms with Crippen molar-refractivity contribution in [2.45, 2.75) is 13.0 Å². The molecule has 1 aliphatic heterocycles. The highest BCUT2D eigenvalue weighted by atomic mass is 35.5. The molecule has 5 aromatic rings. The van der Waals surface area contributed by atoms with Crippen LogP contribution in [0.5, 0.6) is 0 Å². The second-order valence-electron chi connectivity index (χ2n) is 9.68. The van der Waals surface area contributed by atoms with Crippen LogP contribution in [-0.2, 0) is 9.53 Å². The summed E-state index contributed by atoms with van der Waals surface area (Å²) in [6, 6.07) is 23.3. The van der Waals surface area contributed by atoms with Gasteiger partial charge in [-0.05, 0) is 48.9 Å². The number of nitrogens with zero attached hydrogens (tertiary/aromatic N) is 2. The number of fused-ring (bicyclic) bond motifs is 1. The van der Waals surface area contributed by atoms with Gasteiger partial charge in [0.2, 0.25) is 0 Å². The molecule has 1 aliphatic rings. The topological polar surface area (TPSA) is 111 Å². The fraction of sp³-hybridized carbons (Fsp3) is 0.0909. The Morgan fingerprint density at radius 3 is 2.45 bits per heavy atom. The zero-order valence-corrected chi connectivity index (χ0v) is 25.3. The van der Waals surface area contributed by atoms with E-state index >= 15 is 0 Å². The van der Waals surface area contributed by atoms with E-state index in [1.807, 2.05) is 30.3 Å². The molecule has 0 aliphatic carbocycles. The average molecular weight is 646 g/mol. The van der Waals surface area contributed by atoms with Gasteiger partial charge in [-0.25, -0.2) is 14.6 Å². The van der Waals surface area contributed by atoms with E-state index in [4.69, 9.17) is 37.3 Å². The van der Waals surface area contributed by atoms with E-state index < -0.39 is 18.0 Å². The van der Waals surface area contributed by atoms with Crippen LogP contribution in [0.3, 0.4) is 0 Å². The van der Waals surface area contributed by atoms with Gasteiger partial charge in [0.25, 0.3) is 5.56 Å². The first-order valence-electron chi connectivity index (χ1n) is 13.4. The first kappa shape index (κ1) is 29.4. The van der Waals surface area contributed by atoms with Crippen LogP contribution >= 0.6 is 34.5 Å².